The predicted molar refractivity (Wildman–Crippen MR) is 137 cm³/mol. The molecule has 0 aromatic heterocycles. The standard InChI is InChI=1S/C27H34O13/c1-35-17-11-15(6-7-16(17)39-27-25(34)24(33)23(32)21(13-30)40-27)22(31)20(12-29)38-26-18(36-2)9-14(5-4-8-28)10-19(26)37-3/h6-7,9-11,20-25,27-34H,8,12-13H2,1-3H3/t20-,21+,22+,23+,24-,25+,27+/m0/s1. The molecule has 2 aromatic rings. The fourth-order valence-corrected chi connectivity index (χ4v) is 4.03. The average Bonchev–Trinajstić information content (AvgIpc) is 2.98. The van der Waals surface area contributed by atoms with Gasteiger partial charge in [0.05, 0.1) is 34.5 Å². The monoisotopic (exact) mass is 566 g/mol. The first-order chi connectivity index (χ1) is 19.2. The van der Waals surface area contributed by atoms with Crippen LogP contribution in [0.15, 0.2) is 30.3 Å². The Morgan fingerprint density at radius 1 is 0.850 bits per heavy atom. The van der Waals surface area contributed by atoms with Gasteiger partial charge in [0.25, 0.3) is 0 Å². The van der Waals surface area contributed by atoms with E-state index in [0.717, 1.165) is 0 Å². The summed E-state index contributed by atoms with van der Waals surface area (Å²) in [7, 11) is 4.13. The Morgan fingerprint density at radius 2 is 1.50 bits per heavy atom. The van der Waals surface area contributed by atoms with E-state index in [2.05, 4.69) is 11.8 Å². The van der Waals surface area contributed by atoms with Crippen LogP contribution in [-0.4, -0.2) is 114 Å². The lowest BCUT2D eigenvalue weighted by Gasteiger charge is -2.39. The van der Waals surface area contributed by atoms with Crippen LogP contribution < -0.4 is 23.7 Å². The molecule has 13 nitrogen and oxygen atoms in total. The van der Waals surface area contributed by atoms with Crippen LogP contribution in [0, 0.1) is 11.8 Å². The summed E-state index contributed by atoms with van der Waals surface area (Å²) in [5.74, 6) is 5.97. The van der Waals surface area contributed by atoms with Crippen molar-refractivity contribution in [1.29, 1.82) is 0 Å². The molecule has 0 unspecified atom stereocenters. The molecule has 1 aliphatic rings. The molecule has 0 saturated carbocycles. The van der Waals surface area contributed by atoms with Crippen LogP contribution in [-0.2, 0) is 4.74 Å². The molecule has 0 amide bonds. The highest BCUT2D eigenvalue weighted by molar-refractivity contribution is 5.57. The molecule has 13 heteroatoms. The van der Waals surface area contributed by atoms with Gasteiger partial charge in [0, 0.05) is 5.56 Å². The van der Waals surface area contributed by atoms with Crippen molar-refractivity contribution < 1.29 is 64.2 Å². The Labute approximate surface area is 230 Å². The molecule has 0 aliphatic carbocycles. The van der Waals surface area contributed by atoms with Crippen LogP contribution in [0.2, 0.25) is 0 Å². The number of ether oxygens (including phenoxy) is 6. The van der Waals surface area contributed by atoms with Crippen molar-refractivity contribution in [1.82, 2.24) is 0 Å². The topological polar surface area (TPSA) is 197 Å². The Morgan fingerprint density at radius 3 is 2.05 bits per heavy atom. The Hall–Kier alpha value is -3.32. The number of aliphatic hydroxyl groups excluding tert-OH is 7. The number of benzene rings is 2. The maximum atomic E-state index is 11.1. The molecule has 0 spiro atoms. The van der Waals surface area contributed by atoms with Gasteiger partial charge in [-0.3, -0.25) is 0 Å². The second-order valence-corrected chi connectivity index (χ2v) is 8.68. The van der Waals surface area contributed by atoms with Crippen molar-refractivity contribution in [3.63, 3.8) is 0 Å². The van der Waals surface area contributed by atoms with E-state index in [-0.39, 0.29) is 40.9 Å². The maximum Gasteiger partial charge on any atom is 0.229 e. The Kier molecular flexibility index (Phi) is 11.2. The van der Waals surface area contributed by atoms with Crippen molar-refractivity contribution >= 4 is 0 Å². The first kappa shape index (κ1) is 31.2. The molecule has 3 rings (SSSR count). The van der Waals surface area contributed by atoms with Crippen molar-refractivity contribution in [3.8, 4) is 40.6 Å². The third-order valence-electron chi connectivity index (χ3n) is 6.19. The van der Waals surface area contributed by atoms with Gasteiger partial charge in [-0.1, -0.05) is 17.9 Å². The molecule has 0 bridgehead atoms. The van der Waals surface area contributed by atoms with E-state index >= 15 is 0 Å². The summed E-state index contributed by atoms with van der Waals surface area (Å²) in [5.41, 5.74) is 0.747. The number of methoxy groups -OCH3 is 3. The van der Waals surface area contributed by atoms with Gasteiger partial charge in [-0.05, 0) is 29.8 Å². The van der Waals surface area contributed by atoms with Gasteiger partial charge < -0.3 is 64.2 Å². The summed E-state index contributed by atoms with van der Waals surface area (Å²) in [6.07, 6.45) is -10.00. The molecule has 1 fully saturated rings. The summed E-state index contributed by atoms with van der Waals surface area (Å²) >= 11 is 0. The van der Waals surface area contributed by atoms with E-state index in [1.54, 1.807) is 12.1 Å². The summed E-state index contributed by atoms with van der Waals surface area (Å²) in [5, 5.41) is 69.8. The molecule has 7 N–H and O–H groups in total. The van der Waals surface area contributed by atoms with Crippen molar-refractivity contribution in [2.75, 3.05) is 41.2 Å². The van der Waals surface area contributed by atoms with Gasteiger partial charge in [0.1, 0.15) is 37.1 Å². The van der Waals surface area contributed by atoms with Crippen molar-refractivity contribution in [2.24, 2.45) is 0 Å². The van der Waals surface area contributed by atoms with Gasteiger partial charge in [0.2, 0.25) is 12.0 Å². The first-order valence-electron chi connectivity index (χ1n) is 12.2. The van der Waals surface area contributed by atoms with E-state index in [1.807, 2.05) is 0 Å². The predicted octanol–water partition coefficient (Wildman–Crippen LogP) is -1.29. The van der Waals surface area contributed by atoms with E-state index in [1.165, 1.54) is 39.5 Å². The number of rotatable bonds is 11. The quantitative estimate of drug-likeness (QED) is 0.159. The summed E-state index contributed by atoms with van der Waals surface area (Å²) < 4.78 is 33.1. The smallest absolute Gasteiger partial charge is 0.229 e. The molecular weight excluding hydrogens is 532 g/mol. The minimum atomic E-state index is -1.63. The molecule has 1 saturated heterocycles. The zero-order chi connectivity index (χ0) is 29.4. The molecule has 0 radical (unpaired) electrons. The zero-order valence-electron chi connectivity index (χ0n) is 22.1. The third-order valence-corrected chi connectivity index (χ3v) is 6.19. The maximum absolute atomic E-state index is 11.1. The molecule has 1 aliphatic heterocycles. The van der Waals surface area contributed by atoms with Crippen molar-refractivity contribution in [3.05, 3.63) is 41.5 Å². The second-order valence-electron chi connectivity index (χ2n) is 8.68. The van der Waals surface area contributed by atoms with Gasteiger partial charge in [-0.15, -0.1) is 0 Å². The third kappa shape index (κ3) is 6.87. The fraction of sp³-hybridized carbons (Fsp3) is 0.481. The van der Waals surface area contributed by atoms with Crippen LogP contribution >= 0.6 is 0 Å². The SMILES string of the molecule is COc1cc([C@@H](O)[C@H](CO)Oc2c(OC)cc(C#CCO)cc2OC)ccc1O[C@@H]1O[C@H](CO)[C@@H](O)[C@H](O)[C@H]1O. The van der Waals surface area contributed by atoms with Crippen LogP contribution in [0.4, 0.5) is 0 Å². The first-order valence-corrected chi connectivity index (χ1v) is 12.2. The molecule has 40 heavy (non-hydrogen) atoms. The highest BCUT2D eigenvalue weighted by atomic mass is 16.7. The molecular formula is C27H34O13. The molecule has 220 valence electrons. The van der Waals surface area contributed by atoms with Gasteiger partial charge in [0.15, 0.2) is 29.1 Å². The number of aliphatic hydroxyl groups is 7. The Bertz CT molecular complexity index is 1150. The lowest BCUT2D eigenvalue weighted by molar-refractivity contribution is -0.277. The average molecular weight is 567 g/mol. The summed E-state index contributed by atoms with van der Waals surface area (Å²) in [6, 6.07) is 7.38. The summed E-state index contributed by atoms with van der Waals surface area (Å²) in [4.78, 5) is 0. The zero-order valence-corrected chi connectivity index (χ0v) is 22.1. The van der Waals surface area contributed by atoms with E-state index in [0.29, 0.717) is 5.56 Å². The summed E-state index contributed by atoms with van der Waals surface area (Å²) in [6.45, 7) is -1.56. The van der Waals surface area contributed by atoms with E-state index in [4.69, 9.17) is 33.5 Å². The fourth-order valence-electron chi connectivity index (χ4n) is 4.03. The lowest BCUT2D eigenvalue weighted by Crippen LogP contribution is -2.60. The van der Waals surface area contributed by atoms with Crippen LogP contribution in [0.1, 0.15) is 17.2 Å². The minimum Gasteiger partial charge on any atom is -0.493 e. The molecule has 1 heterocycles. The number of hydrogen-bond acceptors (Lipinski definition) is 13. The molecule has 2 aromatic carbocycles. The normalized spacial score (nSPS) is 23.8. The minimum absolute atomic E-state index is 0.0622. The van der Waals surface area contributed by atoms with Crippen LogP contribution in [0.5, 0.6) is 28.7 Å². The van der Waals surface area contributed by atoms with Crippen LogP contribution in [0.25, 0.3) is 0 Å². The Balaban J connectivity index is 1.85. The highest BCUT2D eigenvalue weighted by Crippen LogP contribution is 2.41. The highest BCUT2D eigenvalue weighted by Gasteiger charge is 2.45. The lowest BCUT2D eigenvalue weighted by atomic mass is 9.99. The van der Waals surface area contributed by atoms with Gasteiger partial charge in [-0.2, -0.15) is 0 Å². The van der Waals surface area contributed by atoms with E-state index in [9.17, 15) is 30.6 Å². The number of hydrogen-bond donors (Lipinski definition) is 7. The van der Waals surface area contributed by atoms with Crippen LogP contribution in [0.3, 0.4) is 0 Å². The van der Waals surface area contributed by atoms with E-state index < -0.39 is 56.1 Å². The molecule has 7 atom stereocenters. The van der Waals surface area contributed by atoms with Gasteiger partial charge >= 0.3 is 0 Å². The second kappa shape index (κ2) is 14.4. The van der Waals surface area contributed by atoms with Gasteiger partial charge in [-0.25, -0.2) is 0 Å². The van der Waals surface area contributed by atoms with Crippen molar-refractivity contribution in [2.45, 2.75) is 42.9 Å². The largest absolute Gasteiger partial charge is 0.493 e.